The predicted molar refractivity (Wildman–Crippen MR) is 218 cm³/mol. The number of rotatable bonds is 21. The molecule has 1 aliphatic rings. The second-order valence-electron chi connectivity index (χ2n) is 12.8. The molecule has 0 spiro atoms. The molecule has 4 aromatic carbocycles. The molecule has 0 heterocycles. The number of allylic oxidation sites excluding steroid dienone is 1. The van der Waals surface area contributed by atoms with Crippen molar-refractivity contribution in [1.82, 2.24) is 0 Å². The third-order valence-corrected chi connectivity index (χ3v) is 8.91. The number of halogens is 1. The zero-order valence-corrected chi connectivity index (χ0v) is 32.2. The number of esters is 3. The highest BCUT2D eigenvalue weighted by Crippen LogP contribution is 2.38. The van der Waals surface area contributed by atoms with E-state index in [0.29, 0.717) is 50.6 Å². The molecule has 0 saturated heterocycles. The molecular formula is C45H44ClNO10. The van der Waals surface area contributed by atoms with Gasteiger partial charge in [-0.05, 0) is 129 Å². The Morgan fingerprint density at radius 2 is 1.21 bits per heavy atom. The molecule has 0 atom stereocenters. The van der Waals surface area contributed by atoms with Gasteiger partial charge in [-0.15, -0.1) is 0 Å². The predicted octanol–water partition coefficient (Wildman–Crippen LogP) is 9.77. The van der Waals surface area contributed by atoms with Gasteiger partial charge in [-0.3, -0.25) is 4.99 Å². The fourth-order valence-corrected chi connectivity index (χ4v) is 5.52. The molecule has 11 nitrogen and oxygen atoms in total. The molecule has 1 aliphatic carbocycles. The van der Waals surface area contributed by atoms with Gasteiger partial charge in [-0.25, -0.2) is 14.4 Å². The Labute approximate surface area is 336 Å². The molecule has 0 amide bonds. The third kappa shape index (κ3) is 13.1. The number of carbonyl (C=O) groups excluding carboxylic acids is 3. The number of carbonyl (C=O) groups is 3. The fraction of sp³-hybridized carbons (Fsp3) is 0.244. The van der Waals surface area contributed by atoms with Gasteiger partial charge in [0.25, 0.3) is 0 Å². The number of phenolic OH excluding ortho intramolecular Hbond substituents is 1. The maximum Gasteiger partial charge on any atom is 0.343 e. The van der Waals surface area contributed by atoms with Gasteiger partial charge in [-0.2, -0.15) is 0 Å². The highest BCUT2D eigenvalue weighted by atomic mass is 35.5. The van der Waals surface area contributed by atoms with Crippen LogP contribution in [0.2, 0.25) is 5.02 Å². The lowest BCUT2D eigenvalue weighted by molar-refractivity contribution is -0.138. The summed E-state index contributed by atoms with van der Waals surface area (Å²) in [6, 6.07) is 24.3. The quantitative estimate of drug-likeness (QED) is 0.0217. The molecule has 5 rings (SSSR count). The van der Waals surface area contributed by atoms with Gasteiger partial charge in [0.2, 0.25) is 0 Å². The molecule has 296 valence electrons. The number of unbranched alkanes of at least 4 members (excludes halogenated alkanes) is 2. The van der Waals surface area contributed by atoms with E-state index in [-0.39, 0.29) is 34.4 Å². The highest BCUT2D eigenvalue weighted by molar-refractivity contribution is 6.33. The van der Waals surface area contributed by atoms with Gasteiger partial charge >= 0.3 is 17.9 Å². The van der Waals surface area contributed by atoms with Gasteiger partial charge in [0.15, 0.2) is 11.5 Å². The molecule has 0 unspecified atom stereocenters. The van der Waals surface area contributed by atoms with Crippen LogP contribution in [-0.2, 0) is 19.1 Å². The first-order valence-electron chi connectivity index (χ1n) is 18.6. The van der Waals surface area contributed by atoms with Gasteiger partial charge in [0.05, 0.1) is 42.7 Å². The van der Waals surface area contributed by atoms with Crippen molar-refractivity contribution >= 4 is 47.2 Å². The van der Waals surface area contributed by atoms with Crippen LogP contribution in [-0.4, -0.2) is 55.7 Å². The van der Waals surface area contributed by atoms with Crippen LogP contribution in [0.1, 0.15) is 66.4 Å². The molecule has 1 saturated carbocycles. The van der Waals surface area contributed by atoms with E-state index in [1.807, 2.05) is 48.5 Å². The van der Waals surface area contributed by atoms with Crippen LogP contribution >= 0.6 is 11.6 Å². The molecule has 0 bridgehead atoms. The van der Waals surface area contributed by atoms with Crippen LogP contribution in [0.5, 0.6) is 28.7 Å². The van der Waals surface area contributed by atoms with E-state index >= 15 is 0 Å². The first-order valence-corrected chi connectivity index (χ1v) is 18.9. The van der Waals surface area contributed by atoms with Crippen LogP contribution in [0, 0.1) is 0 Å². The minimum atomic E-state index is -0.688. The zero-order valence-electron chi connectivity index (χ0n) is 31.5. The van der Waals surface area contributed by atoms with Crippen molar-refractivity contribution in [2.24, 2.45) is 4.99 Å². The van der Waals surface area contributed by atoms with Crippen molar-refractivity contribution in [2.45, 2.75) is 44.9 Å². The van der Waals surface area contributed by atoms with Crippen molar-refractivity contribution in [3.05, 3.63) is 138 Å². The van der Waals surface area contributed by atoms with Crippen molar-refractivity contribution in [3.63, 3.8) is 0 Å². The third-order valence-electron chi connectivity index (χ3n) is 8.61. The standard InChI is InChI=1S/C45H44ClNO10/c1-3-42(49)54-26-7-5-24-52-35-20-14-33(15-21-35)44(32-10-9-11-32)56-37-18-12-31(13-19-37)30-47-39-29-40(48)41(28-38(39)46)57-45(51)34-16-22-36(23-17-34)53-25-6-8-27-55-43(50)4-2/h3-4,12-23,28-30,48H,1-2,5-11,24-27H2. The summed E-state index contributed by atoms with van der Waals surface area (Å²) in [4.78, 5) is 39.5. The number of aliphatic imine (C=N–C) groups is 1. The van der Waals surface area contributed by atoms with Crippen molar-refractivity contribution in [2.75, 3.05) is 26.4 Å². The van der Waals surface area contributed by atoms with E-state index in [0.717, 1.165) is 60.5 Å². The topological polar surface area (TPSA) is 139 Å². The average molecular weight is 794 g/mol. The lowest BCUT2D eigenvalue weighted by atomic mass is 9.89. The minimum absolute atomic E-state index is 0.109. The van der Waals surface area contributed by atoms with Gasteiger partial charge in [0, 0.05) is 36.1 Å². The van der Waals surface area contributed by atoms with E-state index in [1.54, 1.807) is 30.5 Å². The summed E-state index contributed by atoms with van der Waals surface area (Å²) in [5.74, 6) is 0.829. The highest BCUT2D eigenvalue weighted by Gasteiger charge is 2.19. The molecule has 12 heteroatoms. The molecule has 0 aromatic heterocycles. The van der Waals surface area contributed by atoms with E-state index in [2.05, 4.69) is 18.2 Å². The number of hydrogen-bond donors (Lipinski definition) is 1. The first-order chi connectivity index (χ1) is 27.7. The second kappa shape index (κ2) is 21.7. The SMILES string of the molecule is C=CC(=O)OCCCCOc1ccc(C(=O)Oc2cc(Cl)c(N=Cc3ccc(OC(=C4CCC4)c4ccc(OCCCCOC(=O)C=C)cc4)cc3)cc2O)cc1. The van der Waals surface area contributed by atoms with Crippen molar-refractivity contribution in [3.8, 4) is 28.7 Å². The summed E-state index contributed by atoms with van der Waals surface area (Å²) in [7, 11) is 0. The smallest absolute Gasteiger partial charge is 0.343 e. The van der Waals surface area contributed by atoms with Crippen LogP contribution in [0.15, 0.2) is 121 Å². The monoisotopic (exact) mass is 793 g/mol. The van der Waals surface area contributed by atoms with Crippen molar-refractivity contribution in [1.29, 1.82) is 0 Å². The zero-order chi connectivity index (χ0) is 40.4. The number of aromatic hydroxyl groups is 1. The average Bonchev–Trinajstić information content (AvgIpc) is 3.21. The second-order valence-corrected chi connectivity index (χ2v) is 13.2. The van der Waals surface area contributed by atoms with Crippen molar-refractivity contribution < 1.29 is 47.9 Å². The summed E-state index contributed by atoms with van der Waals surface area (Å²) in [5.41, 5.74) is 3.52. The number of ether oxygens (including phenoxy) is 6. The molecule has 0 radical (unpaired) electrons. The van der Waals surface area contributed by atoms with Crippen LogP contribution in [0.3, 0.4) is 0 Å². The minimum Gasteiger partial charge on any atom is -0.504 e. The largest absolute Gasteiger partial charge is 0.504 e. The van der Waals surface area contributed by atoms with Crippen LogP contribution in [0.4, 0.5) is 5.69 Å². The summed E-state index contributed by atoms with van der Waals surface area (Å²) in [5, 5.41) is 10.8. The molecule has 4 aromatic rings. The van der Waals surface area contributed by atoms with Gasteiger partial charge in [-0.1, -0.05) is 24.8 Å². The number of hydrogen-bond acceptors (Lipinski definition) is 11. The van der Waals surface area contributed by atoms with E-state index < -0.39 is 17.9 Å². The Morgan fingerprint density at radius 3 is 1.74 bits per heavy atom. The Morgan fingerprint density at radius 1 is 0.684 bits per heavy atom. The van der Waals surface area contributed by atoms with E-state index in [1.165, 1.54) is 17.7 Å². The maximum atomic E-state index is 12.8. The number of phenols is 1. The summed E-state index contributed by atoms with van der Waals surface area (Å²) in [6.07, 6.45) is 9.71. The van der Waals surface area contributed by atoms with Gasteiger partial charge < -0.3 is 33.5 Å². The lowest BCUT2D eigenvalue weighted by Crippen LogP contribution is -2.08. The molecule has 0 aliphatic heterocycles. The Bertz CT molecular complexity index is 2070. The molecular weight excluding hydrogens is 750 g/mol. The maximum absolute atomic E-state index is 12.8. The molecule has 1 fully saturated rings. The Balaban J connectivity index is 1.11. The Kier molecular flexibility index (Phi) is 15.9. The van der Waals surface area contributed by atoms with Crippen LogP contribution in [0.25, 0.3) is 5.76 Å². The number of nitrogens with zero attached hydrogens (tertiary/aromatic N) is 1. The normalized spacial score (nSPS) is 11.9. The lowest BCUT2D eigenvalue weighted by Gasteiger charge is -2.22. The van der Waals surface area contributed by atoms with E-state index in [9.17, 15) is 19.5 Å². The summed E-state index contributed by atoms with van der Waals surface area (Å²) >= 11 is 6.47. The number of benzene rings is 4. The fourth-order valence-electron chi connectivity index (χ4n) is 5.31. The molecule has 57 heavy (non-hydrogen) atoms. The summed E-state index contributed by atoms with van der Waals surface area (Å²) in [6.45, 7) is 8.27. The Hall–Kier alpha value is -6.33. The van der Waals surface area contributed by atoms with E-state index in [4.69, 9.17) is 40.0 Å². The summed E-state index contributed by atoms with van der Waals surface area (Å²) < 4.78 is 33.3. The van der Waals surface area contributed by atoms with Crippen LogP contribution < -0.4 is 18.9 Å². The first kappa shape index (κ1) is 41.8. The molecule has 1 N–H and O–H groups in total. The van der Waals surface area contributed by atoms with Gasteiger partial charge in [0.1, 0.15) is 23.0 Å².